The van der Waals surface area contributed by atoms with Crippen molar-refractivity contribution in [2.45, 2.75) is 45.3 Å². The van der Waals surface area contributed by atoms with Crippen LogP contribution in [0.4, 0.5) is 0 Å². The fourth-order valence-corrected chi connectivity index (χ4v) is 4.04. The van der Waals surface area contributed by atoms with Crippen LogP contribution in [0.1, 0.15) is 39.0 Å². The molecule has 0 amide bonds. The maximum atomic E-state index is 2.51. The molecule has 3 unspecified atom stereocenters. The Balaban J connectivity index is 1.83. The second kappa shape index (κ2) is 4.35. The summed E-state index contributed by atoms with van der Waals surface area (Å²) in [6, 6.07) is 0. The zero-order valence-corrected chi connectivity index (χ0v) is 10.3. The molecule has 1 aliphatic heterocycles. The normalized spacial score (nSPS) is 36.7. The number of hydrogen-bond acceptors (Lipinski definition) is 0. The van der Waals surface area contributed by atoms with Crippen LogP contribution in [0.3, 0.4) is 0 Å². The van der Waals surface area contributed by atoms with Gasteiger partial charge in [0, 0.05) is 0 Å². The molecule has 0 N–H and O–H groups in total. The van der Waals surface area contributed by atoms with Crippen LogP contribution in [0.15, 0.2) is 23.8 Å². The third-order valence-corrected chi connectivity index (χ3v) is 4.83. The molecule has 16 heavy (non-hydrogen) atoms. The van der Waals surface area contributed by atoms with Crippen LogP contribution in [0, 0.1) is 17.8 Å². The van der Waals surface area contributed by atoms with Gasteiger partial charge >= 0.3 is 99.3 Å². The summed E-state index contributed by atoms with van der Waals surface area (Å²) in [6.45, 7) is 4.84. The van der Waals surface area contributed by atoms with Crippen molar-refractivity contribution in [1.29, 1.82) is 0 Å². The summed E-state index contributed by atoms with van der Waals surface area (Å²) >= 11 is 0. The number of hydrogen-bond donors (Lipinski definition) is 0. The first-order chi connectivity index (χ1) is 7.90. The van der Waals surface area contributed by atoms with Gasteiger partial charge in [-0.25, -0.2) is 0 Å². The van der Waals surface area contributed by atoms with Crippen molar-refractivity contribution >= 4 is 12.4 Å². The van der Waals surface area contributed by atoms with Crippen molar-refractivity contribution in [2.75, 3.05) is 0 Å². The van der Waals surface area contributed by atoms with Crippen molar-refractivity contribution in [3.63, 3.8) is 0 Å². The fraction of sp³-hybridized carbons (Fsp3) is 0.667. The van der Waals surface area contributed by atoms with Crippen LogP contribution in [0.2, 0.25) is 6.32 Å². The van der Waals surface area contributed by atoms with Crippen molar-refractivity contribution in [1.82, 2.24) is 0 Å². The van der Waals surface area contributed by atoms with E-state index in [0.29, 0.717) is 0 Å². The topological polar surface area (TPSA) is 0 Å². The van der Waals surface area contributed by atoms with Gasteiger partial charge in [0.25, 0.3) is 0 Å². The van der Waals surface area contributed by atoms with E-state index in [1.165, 1.54) is 38.4 Å². The van der Waals surface area contributed by atoms with Crippen LogP contribution in [0.25, 0.3) is 0 Å². The van der Waals surface area contributed by atoms with Gasteiger partial charge < -0.3 is 0 Å². The molecule has 3 atom stereocenters. The van der Waals surface area contributed by atoms with E-state index >= 15 is 0 Å². The van der Waals surface area contributed by atoms with Crippen LogP contribution in [0.5, 0.6) is 0 Å². The average molecular weight is 212 g/mol. The molecule has 0 aromatic rings. The van der Waals surface area contributed by atoms with E-state index in [2.05, 4.69) is 32.1 Å². The third kappa shape index (κ3) is 1.65. The monoisotopic (exact) mass is 212 g/mol. The Kier molecular flexibility index (Phi) is 2.87. The van der Waals surface area contributed by atoms with Gasteiger partial charge in [-0.05, 0) is 0 Å². The van der Waals surface area contributed by atoms with Crippen molar-refractivity contribution in [3.8, 4) is 0 Å². The molecular weight excluding hydrogens is 191 g/mol. The van der Waals surface area contributed by atoms with Crippen LogP contribution in [-0.4, -0.2) is 12.4 Å². The van der Waals surface area contributed by atoms with Crippen molar-refractivity contribution in [3.05, 3.63) is 23.8 Å². The van der Waals surface area contributed by atoms with Gasteiger partial charge in [-0.3, -0.25) is 0 Å². The third-order valence-electron chi connectivity index (χ3n) is 4.83. The van der Waals surface area contributed by atoms with E-state index in [9.17, 15) is 0 Å². The molecule has 1 saturated carbocycles. The zero-order chi connectivity index (χ0) is 11.0. The molecule has 0 nitrogen and oxygen atoms in total. The van der Waals surface area contributed by atoms with Gasteiger partial charge in [-0.15, -0.1) is 0 Å². The minimum atomic E-state index is 0.892. The van der Waals surface area contributed by atoms with Crippen LogP contribution in [-0.2, 0) is 0 Å². The second-order valence-corrected chi connectivity index (χ2v) is 5.53. The van der Waals surface area contributed by atoms with Crippen LogP contribution < -0.4 is 0 Å². The predicted octanol–water partition coefficient (Wildman–Crippen LogP) is 3.62. The molecule has 0 radical (unpaired) electrons. The summed E-state index contributed by atoms with van der Waals surface area (Å²) in [7, 11) is 0. The first-order valence-corrected chi connectivity index (χ1v) is 6.95. The van der Waals surface area contributed by atoms with Gasteiger partial charge in [0.15, 0.2) is 0 Å². The molecule has 1 fully saturated rings. The summed E-state index contributed by atoms with van der Waals surface area (Å²) in [6.07, 6.45) is 15.3. The Morgan fingerprint density at radius 2 is 2.19 bits per heavy atom. The van der Waals surface area contributed by atoms with E-state index in [1.807, 2.05) is 0 Å². The van der Waals surface area contributed by atoms with E-state index in [4.69, 9.17) is 0 Å². The predicted molar refractivity (Wildman–Crippen MR) is 72.0 cm³/mol. The Hall–Kier alpha value is -0.585. The van der Waals surface area contributed by atoms with Gasteiger partial charge in [-0.2, -0.15) is 0 Å². The van der Waals surface area contributed by atoms with Crippen molar-refractivity contribution < 1.29 is 0 Å². The van der Waals surface area contributed by atoms with Gasteiger partial charge in [0.1, 0.15) is 0 Å². The standard InChI is InChI=1S/C15H21B/c1-2-15-14(9-10-16-15)13-8-7-11-5-3-4-6-12(11)13/h3-4,6,11,13-14H,2,5,7-10H2,1H3. The summed E-state index contributed by atoms with van der Waals surface area (Å²) < 4.78 is 0. The van der Waals surface area contributed by atoms with Crippen LogP contribution >= 0.6 is 0 Å². The van der Waals surface area contributed by atoms with Gasteiger partial charge in [0.05, 0.1) is 0 Å². The molecule has 0 aromatic heterocycles. The molecule has 0 spiro atoms. The second-order valence-electron chi connectivity index (χ2n) is 5.53. The minimum absolute atomic E-state index is 0.892. The van der Waals surface area contributed by atoms with E-state index < -0.39 is 0 Å². The van der Waals surface area contributed by atoms with E-state index in [-0.39, 0.29) is 0 Å². The number of rotatable bonds is 2. The molecule has 1 heteroatoms. The van der Waals surface area contributed by atoms with Gasteiger partial charge in [0.2, 0.25) is 0 Å². The molecule has 0 aromatic carbocycles. The Morgan fingerprint density at radius 3 is 3.06 bits per heavy atom. The number of allylic oxidation sites excluding steroid dienone is 4. The molecular formula is C15H21B. The summed E-state index contributed by atoms with van der Waals surface area (Å²) in [5.74, 6) is 2.69. The SMILES string of the molecule is CCC1=BCCC1C1CCC2CC=CC=C21. The fourth-order valence-electron chi connectivity index (χ4n) is 4.04. The van der Waals surface area contributed by atoms with Crippen molar-refractivity contribution in [2.24, 2.45) is 17.8 Å². The molecule has 3 aliphatic rings. The first kappa shape index (κ1) is 10.6. The van der Waals surface area contributed by atoms with E-state index in [1.54, 1.807) is 11.0 Å². The zero-order valence-electron chi connectivity index (χ0n) is 10.3. The van der Waals surface area contributed by atoms with Gasteiger partial charge in [-0.1, -0.05) is 0 Å². The molecule has 2 aliphatic carbocycles. The Bertz CT molecular complexity index is 362. The first-order valence-electron chi connectivity index (χ1n) is 6.95. The molecule has 0 saturated heterocycles. The Labute approximate surface area is 99.7 Å². The summed E-state index contributed by atoms with van der Waals surface area (Å²) in [5, 5.41) is 0. The average Bonchev–Trinajstić information content (AvgIpc) is 2.94. The molecule has 3 rings (SSSR count). The molecule has 0 bridgehead atoms. The number of fused-ring (bicyclic) bond motifs is 1. The Morgan fingerprint density at radius 1 is 1.25 bits per heavy atom. The molecule has 84 valence electrons. The summed E-state index contributed by atoms with van der Waals surface area (Å²) in [4.78, 5) is 0. The maximum absolute atomic E-state index is 2.51. The molecule has 1 heterocycles. The quantitative estimate of drug-likeness (QED) is 0.613. The van der Waals surface area contributed by atoms with E-state index in [0.717, 1.165) is 17.8 Å². The summed E-state index contributed by atoms with van der Waals surface area (Å²) in [5.41, 5.74) is 3.54.